The molecule has 0 spiro atoms. The van der Waals surface area contributed by atoms with E-state index in [1.165, 1.54) is 6.07 Å². The highest BCUT2D eigenvalue weighted by molar-refractivity contribution is 5.72. The third kappa shape index (κ3) is 5.36. The summed E-state index contributed by atoms with van der Waals surface area (Å²) < 4.78 is 37.2. The van der Waals surface area contributed by atoms with Crippen molar-refractivity contribution in [2.24, 2.45) is 0 Å². The molecule has 1 aliphatic rings. The van der Waals surface area contributed by atoms with Crippen LogP contribution in [0.2, 0.25) is 0 Å². The van der Waals surface area contributed by atoms with Crippen molar-refractivity contribution in [2.45, 2.75) is 31.0 Å². The Morgan fingerprint density at radius 3 is 2.48 bits per heavy atom. The van der Waals surface area contributed by atoms with Crippen molar-refractivity contribution in [2.75, 3.05) is 47.6 Å². The number of hydrogen-bond acceptors (Lipinski definition) is 6. The first-order valence-corrected chi connectivity index (χ1v) is 10.6. The summed E-state index contributed by atoms with van der Waals surface area (Å²) in [6.45, 7) is 2.29. The third-order valence-corrected chi connectivity index (χ3v) is 5.74. The number of nitrogens with one attached hydrogen (secondary N) is 1. The minimum atomic E-state index is -1.38. The fourth-order valence-corrected chi connectivity index (χ4v) is 4.11. The first kappa shape index (κ1) is 23.5. The minimum absolute atomic E-state index is 0.322. The van der Waals surface area contributed by atoms with Crippen LogP contribution in [0.1, 0.15) is 24.8 Å². The van der Waals surface area contributed by atoms with Gasteiger partial charge in [-0.25, -0.2) is 4.39 Å². The Hall–Kier alpha value is -2.19. The van der Waals surface area contributed by atoms with Crippen LogP contribution in [0.4, 0.5) is 4.39 Å². The van der Waals surface area contributed by atoms with E-state index < -0.39 is 17.5 Å². The van der Waals surface area contributed by atoms with Crippen molar-refractivity contribution in [3.8, 4) is 22.6 Å². The maximum absolute atomic E-state index is 15.3. The van der Waals surface area contributed by atoms with E-state index in [0.29, 0.717) is 60.8 Å². The Morgan fingerprint density at radius 2 is 1.87 bits per heavy atom. The SMILES string of the molecule is COCCCCC(O)(c1cccc(F)c1-c1cc(OC)cc(OC)c1)[C@H]1CNCCO1. The highest BCUT2D eigenvalue weighted by Crippen LogP contribution is 2.42. The predicted octanol–water partition coefficient (Wildman–Crippen LogP) is 3.50. The molecule has 7 heteroatoms. The number of methoxy groups -OCH3 is 3. The molecule has 170 valence electrons. The lowest BCUT2D eigenvalue weighted by Crippen LogP contribution is -2.51. The molecule has 2 atom stereocenters. The Bertz CT molecular complexity index is 834. The van der Waals surface area contributed by atoms with Crippen molar-refractivity contribution in [1.29, 1.82) is 0 Å². The third-order valence-electron chi connectivity index (χ3n) is 5.74. The van der Waals surface area contributed by atoms with Crippen molar-refractivity contribution in [3.05, 3.63) is 47.8 Å². The lowest BCUT2D eigenvalue weighted by Gasteiger charge is -2.40. The lowest BCUT2D eigenvalue weighted by molar-refractivity contribution is -0.129. The zero-order valence-electron chi connectivity index (χ0n) is 18.4. The molecule has 3 rings (SSSR count). The molecule has 0 aliphatic carbocycles. The Morgan fingerprint density at radius 1 is 1.13 bits per heavy atom. The molecule has 2 aromatic rings. The standard InChI is InChI=1S/C24H32FNO5/c1-28-11-5-4-9-24(27,22-16-26-10-12-31-22)20-7-6-8-21(25)23(20)17-13-18(29-2)15-19(14-17)30-3/h6-8,13-15,22,26-27H,4-5,9-12,16H2,1-3H3/t22-,24?/m1/s1. The molecular formula is C24H32FNO5. The van der Waals surface area contributed by atoms with Gasteiger partial charge < -0.3 is 29.4 Å². The second kappa shape index (κ2) is 10.9. The van der Waals surface area contributed by atoms with E-state index >= 15 is 4.39 Å². The van der Waals surface area contributed by atoms with Gasteiger partial charge in [0.05, 0.1) is 20.8 Å². The lowest BCUT2D eigenvalue weighted by atomic mass is 9.79. The highest BCUT2D eigenvalue weighted by atomic mass is 19.1. The van der Waals surface area contributed by atoms with Crippen molar-refractivity contribution < 1.29 is 28.4 Å². The molecule has 2 N–H and O–H groups in total. The largest absolute Gasteiger partial charge is 0.497 e. The van der Waals surface area contributed by atoms with E-state index in [1.54, 1.807) is 51.7 Å². The summed E-state index contributed by atoms with van der Waals surface area (Å²) in [5, 5.41) is 15.3. The summed E-state index contributed by atoms with van der Waals surface area (Å²) in [6, 6.07) is 10.0. The van der Waals surface area contributed by atoms with Crippen LogP contribution in [0.3, 0.4) is 0 Å². The summed E-state index contributed by atoms with van der Waals surface area (Å²) in [4.78, 5) is 0. The zero-order chi connectivity index (χ0) is 22.3. The second-order valence-electron chi connectivity index (χ2n) is 7.70. The number of hydrogen-bond donors (Lipinski definition) is 2. The molecule has 0 radical (unpaired) electrons. The van der Waals surface area contributed by atoms with E-state index in [4.69, 9.17) is 18.9 Å². The van der Waals surface area contributed by atoms with Crippen LogP contribution in [0.5, 0.6) is 11.5 Å². The van der Waals surface area contributed by atoms with Gasteiger partial charge in [0.15, 0.2) is 0 Å². The fraction of sp³-hybridized carbons (Fsp3) is 0.500. The molecule has 0 amide bonds. The smallest absolute Gasteiger partial charge is 0.131 e. The Kier molecular flexibility index (Phi) is 8.26. The summed E-state index contributed by atoms with van der Waals surface area (Å²) in [6.07, 6.45) is 1.41. The van der Waals surface area contributed by atoms with Gasteiger partial charge in [-0.1, -0.05) is 12.1 Å². The van der Waals surface area contributed by atoms with Crippen molar-refractivity contribution >= 4 is 0 Å². The van der Waals surface area contributed by atoms with Crippen LogP contribution < -0.4 is 14.8 Å². The van der Waals surface area contributed by atoms with Gasteiger partial charge >= 0.3 is 0 Å². The molecule has 0 saturated carbocycles. The molecular weight excluding hydrogens is 401 g/mol. The maximum atomic E-state index is 15.3. The zero-order valence-corrected chi connectivity index (χ0v) is 18.4. The number of morpholine rings is 1. The van der Waals surface area contributed by atoms with Gasteiger partial charge in [0.2, 0.25) is 0 Å². The summed E-state index contributed by atoms with van der Waals surface area (Å²) >= 11 is 0. The molecule has 1 heterocycles. The van der Waals surface area contributed by atoms with Crippen LogP contribution in [0.15, 0.2) is 36.4 Å². The highest BCUT2D eigenvalue weighted by Gasteiger charge is 2.42. The molecule has 31 heavy (non-hydrogen) atoms. The molecule has 1 unspecified atom stereocenters. The number of unbranched alkanes of at least 4 members (excludes halogenated alkanes) is 1. The van der Waals surface area contributed by atoms with Crippen LogP contribution in [-0.2, 0) is 15.1 Å². The van der Waals surface area contributed by atoms with Crippen LogP contribution in [0, 0.1) is 5.82 Å². The first-order valence-electron chi connectivity index (χ1n) is 10.6. The topological polar surface area (TPSA) is 69.2 Å². The summed E-state index contributed by atoms with van der Waals surface area (Å²) in [5.41, 5.74) is 0.00923. The molecule has 6 nitrogen and oxygen atoms in total. The number of rotatable bonds is 10. The molecule has 0 bridgehead atoms. The number of aliphatic hydroxyl groups is 1. The van der Waals surface area contributed by atoms with Crippen LogP contribution in [-0.4, -0.2) is 58.8 Å². The molecule has 1 saturated heterocycles. The Balaban J connectivity index is 2.11. The van der Waals surface area contributed by atoms with E-state index in [0.717, 1.165) is 13.0 Å². The Labute approximate surface area is 183 Å². The van der Waals surface area contributed by atoms with Gasteiger partial charge in [-0.3, -0.25) is 0 Å². The number of ether oxygens (including phenoxy) is 4. The fourth-order valence-electron chi connectivity index (χ4n) is 4.11. The van der Waals surface area contributed by atoms with Crippen LogP contribution in [0.25, 0.3) is 11.1 Å². The molecule has 2 aromatic carbocycles. The average Bonchev–Trinajstić information content (AvgIpc) is 2.81. The maximum Gasteiger partial charge on any atom is 0.131 e. The first-order chi connectivity index (χ1) is 15.0. The van der Waals surface area contributed by atoms with Crippen molar-refractivity contribution in [1.82, 2.24) is 5.32 Å². The van der Waals surface area contributed by atoms with Gasteiger partial charge in [-0.2, -0.15) is 0 Å². The second-order valence-corrected chi connectivity index (χ2v) is 7.70. The predicted molar refractivity (Wildman–Crippen MR) is 117 cm³/mol. The number of halogens is 1. The minimum Gasteiger partial charge on any atom is -0.497 e. The monoisotopic (exact) mass is 433 g/mol. The molecule has 1 aliphatic heterocycles. The van der Waals surface area contributed by atoms with Gasteiger partial charge in [0, 0.05) is 38.4 Å². The van der Waals surface area contributed by atoms with Gasteiger partial charge in [0.25, 0.3) is 0 Å². The summed E-state index contributed by atoms with van der Waals surface area (Å²) in [5.74, 6) is 0.664. The van der Waals surface area contributed by atoms with Gasteiger partial charge in [0.1, 0.15) is 29.0 Å². The van der Waals surface area contributed by atoms with E-state index in [2.05, 4.69) is 5.32 Å². The average molecular weight is 434 g/mol. The van der Waals surface area contributed by atoms with E-state index in [1.807, 2.05) is 0 Å². The van der Waals surface area contributed by atoms with E-state index in [-0.39, 0.29) is 0 Å². The molecule has 1 fully saturated rings. The van der Waals surface area contributed by atoms with Gasteiger partial charge in [-0.05, 0) is 48.6 Å². The quantitative estimate of drug-likeness (QED) is 0.559. The van der Waals surface area contributed by atoms with Crippen molar-refractivity contribution in [3.63, 3.8) is 0 Å². The summed E-state index contributed by atoms with van der Waals surface area (Å²) in [7, 11) is 4.75. The van der Waals surface area contributed by atoms with Crippen LogP contribution >= 0.6 is 0 Å². The molecule has 0 aromatic heterocycles. The number of benzene rings is 2. The normalized spacial score (nSPS) is 18.4. The van der Waals surface area contributed by atoms with E-state index in [9.17, 15) is 5.11 Å². The van der Waals surface area contributed by atoms with Gasteiger partial charge in [-0.15, -0.1) is 0 Å².